The minimum absolute atomic E-state index is 0.00988. The summed E-state index contributed by atoms with van der Waals surface area (Å²) in [5.74, 6) is -2.80. The van der Waals surface area contributed by atoms with Gasteiger partial charge >= 0.3 is 6.18 Å². The van der Waals surface area contributed by atoms with E-state index in [1.165, 1.54) is 23.1 Å². The number of piperidine rings is 1. The molecule has 1 spiro atoms. The zero-order valence-electron chi connectivity index (χ0n) is 21.9. The van der Waals surface area contributed by atoms with Gasteiger partial charge in [-0.3, -0.25) is 4.79 Å². The summed E-state index contributed by atoms with van der Waals surface area (Å²) in [4.78, 5) is 23.7. The maximum atomic E-state index is 14.7. The highest BCUT2D eigenvalue weighted by Gasteiger charge is 2.43. The van der Waals surface area contributed by atoms with E-state index in [9.17, 15) is 26.7 Å². The molecule has 3 aliphatic rings. The summed E-state index contributed by atoms with van der Waals surface area (Å²) in [6.07, 6.45) is -1.04. The summed E-state index contributed by atoms with van der Waals surface area (Å²) in [7, 11) is 0. The second-order valence-corrected chi connectivity index (χ2v) is 10.8. The SMILES string of the molecule is O=C(C[C@@H]1CC[C@@H](c2cccc(F)c2F)Cn2c(CC(F)(F)F)nnc21)N1CCC2(CC1)OC=Nc1ncccc12. The quantitative estimate of drug-likeness (QED) is 0.394. The van der Waals surface area contributed by atoms with Crippen LogP contribution in [0.4, 0.5) is 27.8 Å². The van der Waals surface area contributed by atoms with Crippen LogP contribution in [0.25, 0.3) is 0 Å². The molecule has 0 N–H and O–H groups in total. The zero-order chi connectivity index (χ0) is 28.8. The molecular formula is C28H27F5N6O2. The molecule has 1 amide bonds. The second-order valence-electron chi connectivity index (χ2n) is 10.8. The lowest BCUT2D eigenvalue weighted by atomic mass is 9.83. The Morgan fingerprint density at radius 3 is 2.66 bits per heavy atom. The van der Waals surface area contributed by atoms with E-state index in [0.29, 0.717) is 44.6 Å². The van der Waals surface area contributed by atoms with Gasteiger partial charge in [0.15, 0.2) is 23.9 Å². The Balaban J connectivity index is 1.21. The largest absolute Gasteiger partial charge is 0.472 e. The number of alkyl halides is 3. The van der Waals surface area contributed by atoms with Crippen molar-refractivity contribution in [2.24, 2.45) is 4.99 Å². The van der Waals surface area contributed by atoms with Crippen molar-refractivity contribution in [3.63, 3.8) is 0 Å². The molecule has 1 aromatic carbocycles. The topological polar surface area (TPSA) is 85.5 Å². The van der Waals surface area contributed by atoms with Crippen LogP contribution >= 0.6 is 0 Å². The van der Waals surface area contributed by atoms with Crippen molar-refractivity contribution in [2.75, 3.05) is 13.1 Å². The molecule has 5 heterocycles. The molecule has 216 valence electrons. The lowest BCUT2D eigenvalue weighted by Crippen LogP contribution is -2.47. The van der Waals surface area contributed by atoms with Crippen molar-refractivity contribution in [1.29, 1.82) is 0 Å². The van der Waals surface area contributed by atoms with Gasteiger partial charge in [-0.2, -0.15) is 13.2 Å². The van der Waals surface area contributed by atoms with E-state index in [1.807, 2.05) is 12.1 Å². The number of rotatable bonds is 4. The van der Waals surface area contributed by atoms with Crippen molar-refractivity contribution >= 4 is 18.1 Å². The normalized spacial score (nSPS) is 21.6. The number of pyridine rings is 1. The standard InChI is InChI=1S/C28H27F5N6O2/c29-21-5-1-3-19(24(21)30)18-7-6-17(26-37-36-22(39(26)15-18)14-28(31,32)33)13-23(40)38-11-8-27(9-12-38)20-4-2-10-34-25(20)35-16-41-27/h1-5,10,16-18H,6-9,11-15H2/t17-,18+/m0/s1. The number of benzene rings is 1. The summed E-state index contributed by atoms with van der Waals surface area (Å²) >= 11 is 0. The van der Waals surface area contributed by atoms with Gasteiger partial charge in [-0.15, -0.1) is 10.2 Å². The monoisotopic (exact) mass is 574 g/mol. The number of carbonyl (C=O) groups is 1. The van der Waals surface area contributed by atoms with Crippen LogP contribution in [0.15, 0.2) is 41.5 Å². The van der Waals surface area contributed by atoms with Crippen LogP contribution in [0.3, 0.4) is 0 Å². The van der Waals surface area contributed by atoms with Crippen LogP contribution in [-0.2, 0) is 28.1 Å². The van der Waals surface area contributed by atoms with Gasteiger partial charge in [0.2, 0.25) is 5.91 Å². The highest BCUT2D eigenvalue weighted by molar-refractivity contribution is 5.77. The summed E-state index contributed by atoms with van der Waals surface area (Å²) in [6.45, 7) is 0.783. The molecule has 8 nitrogen and oxygen atoms in total. The first-order valence-electron chi connectivity index (χ1n) is 13.5. The maximum Gasteiger partial charge on any atom is 0.396 e. The van der Waals surface area contributed by atoms with Gasteiger partial charge in [0.1, 0.15) is 23.7 Å². The van der Waals surface area contributed by atoms with Crippen molar-refractivity contribution in [3.8, 4) is 0 Å². The van der Waals surface area contributed by atoms with E-state index in [1.54, 1.807) is 11.1 Å². The van der Waals surface area contributed by atoms with Crippen molar-refractivity contribution in [2.45, 2.75) is 68.7 Å². The fourth-order valence-electron chi connectivity index (χ4n) is 6.23. The molecule has 3 aromatic rings. The molecule has 2 aromatic heterocycles. The lowest BCUT2D eigenvalue weighted by Gasteiger charge is -2.42. The number of fused-ring (bicyclic) bond motifs is 3. The van der Waals surface area contributed by atoms with Crippen molar-refractivity contribution < 1.29 is 31.5 Å². The Kier molecular flexibility index (Phi) is 6.98. The van der Waals surface area contributed by atoms with Gasteiger partial charge in [-0.1, -0.05) is 12.1 Å². The summed E-state index contributed by atoms with van der Waals surface area (Å²) in [6, 6.07) is 7.56. The predicted octanol–water partition coefficient (Wildman–Crippen LogP) is 5.32. The average molecular weight is 575 g/mol. The molecule has 0 radical (unpaired) electrons. The summed E-state index contributed by atoms with van der Waals surface area (Å²) in [5, 5.41) is 7.88. The van der Waals surface area contributed by atoms with E-state index in [0.717, 1.165) is 11.6 Å². The molecule has 3 aliphatic heterocycles. The Morgan fingerprint density at radius 1 is 1.07 bits per heavy atom. The zero-order valence-corrected chi connectivity index (χ0v) is 21.9. The van der Waals surface area contributed by atoms with Gasteiger partial charge in [0.05, 0.1) is 0 Å². The van der Waals surface area contributed by atoms with Gasteiger partial charge in [-0.25, -0.2) is 18.8 Å². The first-order valence-corrected chi connectivity index (χ1v) is 13.5. The Hall–Kier alpha value is -3.90. The van der Waals surface area contributed by atoms with E-state index in [2.05, 4.69) is 20.2 Å². The molecule has 13 heteroatoms. The smallest absolute Gasteiger partial charge is 0.396 e. The number of carbonyl (C=O) groups excluding carboxylic acids is 1. The predicted molar refractivity (Wildman–Crippen MR) is 136 cm³/mol. The number of likely N-dealkylation sites (tertiary alicyclic amines) is 1. The number of ether oxygens (including phenoxy) is 1. The van der Waals surface area contributed by atoms with E-state index >= 15 is 0 Å². The summed E-state index contributed by atoms with van der Waals surface area (Å²) in [5.41, 5.74) is 0.334. The first-order chi connectivity index (χ1) is 19.6. The Bertz CT molecular complexity index is 1480. The van der Waals surface area contributed by atoms with E-state index in [-0.39, 0.29) is 36.1 Å². The number of nitrogens with zero attached hydrogens (tertiary/aromatic N) is 6. The fourth-order valence-corrected chi connectivity index (χ4v) is 6.23. The van der Waals surface area contributed by atoms with Crippen LogP contribution in [-0.4, -0.2) is 56.2 Å². The third-order valence-corrected chi connectivity index (χ3v) is 8.34. The van der Waals surface area contributed by atoms with Crippen LogP contribution in [0.1, 0.15) is 66.7 Å². The maximum absolute atomic E-state index is 14.7. The molecule has 0 bridgehead atoms. The molecule has 1 saturated heterocycles. The lowest BCUT2D eigenvalue weighted by molar-refractivity contribution is -0.136. The van der Waals surface area contributed by atoms with Crippen molar-refractivity contribution in [3.05, 3.63) is 70.9 Å². The van der Waals surface area contributed by atoms with Crippen LogP contribution < -0.4 is 0 Å². The minimum Gasteiger partial charge on any atom is -0.472 e. The molecule has 1 fully saturated rings. The fraction of sp³-hybridized carbons (Fsp3) is 0.464. The van der Waals surface area contributed by atoms with E-state index < -0.39 is 41.7 Å². The number of aliphatic imine (C=N–C) groups is 1. The number of hydrogen-bond acceptors (Lipinski definition) is 6. The van der Waals surface area contributed by atoms with E-state index in [4.69, 9.17) is 4.74 Å². The Morgan fingerprint density at radius 2 is 1.88 bits per heavy atom. The Labute approximate surface area is 232 Å². The third kappa shape index (κ3) is 5.29. The first kappa shape index (κ1) is 27.3. The van der Waals surface area contributed by atoms with Gasteiger partial charge in [0.25, 0.3) is 0 Å². The summed E-state index contributed by atoms with van der Waals surface area (Å²) < 4.78 is 76.1. The number of halogens is 5. The van der Waals surface area contributed by atoms with Crippen LogP contribution in [0.2, 0.25) is 0 Å². The molecule has 0 saturated carbocycles. The third-order valence-electron chi connectivity index (χ3n) is 8.34. The molecule has 0 aliphatic carbocycles. The molecule has 2 atom stereocenters. The molecule has 41 heavy (non-hydrogen) atoms. The molecular weight excluding hydrogens is 547 g/mol. The molecule has 0 unspecified atom stereocenters. The highest BCUT2D eigenvalue weighted by Crippen LogP contribution is 2.43. The van der Waals surface area contributed by atoms with Gasteiger partial charge in [0, 0.05) is 62.5 Å². The van der Waals surface area contributed by atoms with Gasteiger partial charge in [-0.05, 0) is 36.6 Å². The number of amides is 1. The second kappa shape index (κ2) is 10.5. The number of hydrogen-bond donors (Lipinski definition) is 0. The molecule has 6 rings (SSSR count). The van der Waals surface area contributed by atoms with Crippen LogP contribution in [0.5, 0.6) is 0 Å². The highest BCUT2D eigenvalue weighted by atomic mass is 19.4. The van der Waals surface area contributed by atoms with Crippen LogP contribution in [0, 0.1) is 11.6 Å². The average Bonchev–Trinajstić information content (AvgIpc) is 3.23. The van der Waals surface area contributed by atoms with Crippen molar-refractivity contribution in [1.82, 2.24) is 24.6 Å². The number of aromatic nitrogens is 4. The van der Waals surface area contributed by atoms with Gasteiger partial charge < -0.3 is 14.2 Å². The minimum atomic E-state index is -4.54.